The van der Waals surface area contributed by atoms with Gasteiger partial charge in [-0.1, -0.05) is 65.8 Å². The zero-order valence-electron chi connectivity index (χ0n) is 13.1. The van der Waals surface area contributed by atoms with Crippen molar-refractivity contribution in [2.75, 3.05) is 0 Å². The van der Waals surface area contributed by atoms with E-state index < -0.39 is 0 Å². The van der Waals surface area contributed by atoms with E-state index in [0.29, 0.717) is 11.7 Å². The minimum atomic E-state index is -0.220. The molecule has 0 spiro atoms. The van der Waals surface area contributed by atoms with Gasteiger partial charge in [-0.05, 0) is 28.9 Å². The molecule has 0 radical (unpaired) electrons. The van der Waals surface area contributed by atoms with Crippen LogP contribution in [0.25, 0.3) is 0 Å². The zero-order chi connectivity index (χ0) is 14.4. The van der Waals surface area contributed by atoms with Gasteiger partial charge in [0.05, 0.1) is 0 Å². The van der Waals surface area contributed by atoms with Crippen LogP contribution in [0.15, 0.2) is 24.3 Å². The molecule has 1 aliphatic rings. The van der Waals surface area contributed by atoms with Crippen molar-refractivity contribution in [1.82, 2.24) is 0 Å². The van der Waals surface area contributed by atoms with Crippen LogP contribution in [-0.2, 0) is 10.2 Å². The predicted octanol–water partition coefficient (Wildman–Crippen LogP) is 4.70. The fourth-order valence-corrected chi connectivity index (χ4v) is 3.33. The lowest BCUT2D eigenvalue weighted by Gasteiger charge is -2.27. The average molecular weight is 258 g/mol. The minimum absolute atomic E-state index is 0.187. The first-order valence-electron chi connectivity index (χ1n) is 7.29. The van der Waals surface area contributed by atoms with E-state index in [0.717, 1.165) is 6.42 Å². The summed E-state index contributed by atoms with van der Waals surface area (Å²) in [6.07, 6.45) is 0.987. The number of hydrogen-bond donors (Lipinski definition) is 0. The maximum absolute atomic E-state index is 12.2. The smallest absolute Gasteiger partial charge is 0.141 e. The molecule has 0 saturated heterocycles. The summed E-state index contributed by atoms with van der Waals surface area (Å²) in [6.45, 7) is 12.9. The van der Waals surface area contributed by atoms with Gasteiger partial charge in [-0.15, -0.1) is 0 Å². The Bertz CT molecular complexity index is 473. The van der Waals surface area contributed by atoms with Gasteiger partial charge in [0, 0.05) is 11.3 Å². The summed E-state index contributed by atoms with van der Waals surface area (Å²) < 4.78 is 0. The van der Waals surface area contributed by atoms with Crippen LogP contribution in [0.5, 0.6) is 0 Å². The van der Waals surface area contributed by atoms with Gasteiger partial charge in [0.1, 0.15) is 5.78 Å². The fourth-order valence-electron chi connectivity index (χ4n) is 3.33. The molecular weight excluding hydrogens is 232 g/mol. The maximum atomic E-state index is 12.2. The van der Waals surface area contributed by atoms with Crippen LogP contribution in [0.2, 0.25) is 0 Å². The zero-order valence-corrected chi connectivity index (χ0v) is 13.1. The van der Waals surface area contributed by atoms with E-state index in [1.165, 1.54) is 11.1 Å². The molecule has 1 aromatic carbocycles. The van der Waals surface area contributed by atoms with Crippen molar-refractivity contribution in [3.63, 3.8) is 0 Å². The van der Waals surface area contributed by atoms with E-state index in [1.807, 2.05) is 0 Å². The summed E-state index contributed by atoms with van der Waals surface area (Å²) in [7, 11) is 0. The van der Waals surface area contributed by atoms with Crippen molar-refractivity contribution in [1.29, 1.82) is 0 Å². The summed E-state index contributed by atoms with van der Waals surface area (Å²) in [5.41, 5.74) is 2.64. The number of hydrogen-bond acceptors (Lipinski definition) is 1. The van der Waals surface area contributed by atoms with Crippen LogP contribution in [0.4, 0.5) is 0 Å². The van der Waals surface area contributed by atoms with Crippen molar-refractivity contribution in [3.05, 3.63) is 35.4 Å². The second-order valence-corrected chi connectivity index (χ2v) is 7.65. The topological polar surface area (TPSA) is 17.1 Å². The molecule has 2 unspecified atom stereocenters. The molecule has 0 amide bonds. The highest BCUT2D eigenvalue weighted by atomic mass is 16.1. The van der Waals surface area contributed by atoms with E-state index in [2.05, 4.69) is 65.8 Å². The van der Waals surface area contributed by atoms with Crippen LogP contribution in [0.3, 0.4) is 0 Å². The van der Waals surface area contributed by atoms with Crippen LogP contribution >= 0.6 is 0 Å². The molecule has 1 aliphatic carbocycles. The maximum Gasteiger partial charge on any atom is 0.141 e. The second kappa shape index (κ2) is 4.47. The molecule has 0 aliphatic heterocycles. The van der Waals surface area contributed by atoms with Crippen LogP contribution < -0.4 is 0 Å². The van der Waals surface area contributed by atoms with Crippen molar-refractivity contribution in [2.45, 2.75) is 59.3 Å². The first-order chi connectivity index (χ1) is 8.64. The van der Waals surface area contributed by atoms with Gasteiger partial charge in [-0.25, -0.2) is 0 Å². The highest BCUT2D eigenvalue weighted by Crippen LogP contribution is 2.49. The first-order valence-corrected chi connectivity index (χ1v) is 7.29. The largest absolute Gasteiger partial charge is 0.299 e. The van der Waals surface area contributed by atoms with Gasteiger partial charge in [-0.3, -0.25) is 4.79 Å². The van der Waals surface area contributed by atoms with Crippen molar-refractivity contribution >= 4 is 5.78 Å². The van der Waals surface area contributed by atoms with E-state index >= 15 is 0 Å². The Labute approximate surface area is 117 Å². The average Bonchev–Trinajstić information content (AvgIpc) is 2.52. The van der Waals surface area contributed by atoms with Gasteiger partial charge in [0.2, 0.25) is 0 Å². The second-order valence-electron chi connectivity index (χ2n) is 7.65. The Kier molecular flexibility index (Phi) is 3.36. The van der Waals surface area contributed by atoms with E-state index in [4.69, 9.17) is 0 Å². The molecular formula is C18H26O. The first kappa shape index (κ1) is 14.3. The molecule has 0 bridgehead atoms. The Balaban J connectivity index is 2.31. The van der Waals surface area contributed by atoms with Crippen molar-refractivity contribution < 1.29 is 4.79 Å². The number of benzene rings is 1. The molecule has 0 heterocycles. The molecule has 2 rings (SSSR count). The molecule has 2 atom stereocenters. The molecule has 1 heteroatoms. The van der Waals surface area contributed by atoms with Gasteiger partial charge in [0.25, 0.3) is 0 Å². The van der Waals surface area contributed by atoms with E-state index in [-0.39, 0.29) is 16.7 Å². The fraction of sp³-hybridized carbons (Fsp3) is 0.611. The van der Waals surface area contributed by atoms with E-state index in [1.54, 1.807) is 0 Å². The third-order valence-corrected chi connectivity index (χ3v) is 4.72. The summed E-state index contributed by atoms with van der Waals surface area (Å²) in [5.74, 6) is 0.976. The standard InChI is InChI=1S/C18H26O/c1-12-11-15(18(5,6)16(12)19)13-7-9-14(10-8-13)17(2,3)4/h7-10,12,15H,11H2,1-6H3. The molecule has 0 aromatic heterocycles. The van der Waals surface area contributed by atoms with Crippen molar-refractivity contribution in [2.24, 2.45) is 11.3 Å². The van der Waals surface area contributed by atoms with Gasteiger partial charge < -0.3 is 0 Å². The number of rotatable bonds is 1. The monoisotopic (exact) mass is 258 g/mol. The number of carbonyl (C=O) groups excluding carboxylic acids is 1. The summed E-state index contributed by atoms with van der Waals surface area (Å²) in [6, 6.07) is 8.88. The molecule has 1 nitrogen and oxygen atoms in total. The molecule has 104 valence electrons. The lowest BCUT2D eigenvalue weighted by molar-refractivity contribution is -0.127. The predicted molar refractivity (Wildman–Crippen MR) is 80.5 cm³/mol. The Morgan fingerprint density at radius 2 is 1.63 bits per heavy atom. The minimum Gasteiger partial charge on any atom is -0.299 e. The van der Waals surface area contributed by atoms with Gasteiger partial charge in [0.15, 0.2) is 0 Å². The number of Topliss-reactive ketones (excluding diaryl/α,β-unsaturated/α-hetero) is 1. The quantitative estimate of drug-likeness (QED) is 0.713. The van der Waals surface area contributed by atoms with Crippen LogP contribution in [0.1, 0.15) is 65.0 Å². The highest BCUT2D eigenvalue weighted by Gasteiger charge is 2.46. The number of carbonyl (C=O) groups is 1. The van der Waals surface area contributed by atoms with Gasteiger partial charge in [-0.2, -0.15) is 0 Å². The van der Waals surface area contributed by atoms with Crippen LogP contribution in [-0.4, -0.2) is 5.78 Å². The van der Waals surface area contributed by atoms with Gasteiger partial charge >= 0.3 is 0 Å². The van der Waals surface area contributed by atoms with Crippen LogP contribution in [0, 0.1) is 11.3 Å². The molecule has 1 aromatic rings. The lowest BCUT2D eigenvalue weighted by atomic mass is 9.76. The Morgan fingerprint density at radius 3 is 2.00 bits per heavy atom. The normalized spacial score (nSPS) is 26.7. The van der Waals surface area contributed by atoms with E-state index in [9.17, 15) is 4.79 Å². The SMILES string of the molecule is CC1CC(c2ccc(C(C)(C)C)cc2)C(C)(C)C1=O. The summed E-state index contributed by atoms with van der Waals surface area (Å²) in [4.78, 5) is 12.2. The molecule has 0 N–H and O–H groups in total. The third-order valence-electron chi connectivity index (χ3n) is 4.72. The molecule has 1 saturated carbocycles. The molecule has 19 heavy (non-hydrogen) atoms. The number of ketones is 1. The Hall–Kier alpha value is -1.11. The lowest BCUT2D eigenvalue weighted by Crippen LogP contribution is -2.25. The Morgan fingerprint density at radius 1 is 1.11 bits per heavy atom. The summed E-state index contributed by atoms with van der Waals surface area (Å²) >= 11 is 0. The highest BCUT2D eigenvalue weighted by molar-refractivity contribution is 5.89. The third kappa shape index (κ3) is 2.48. The molecule has 1 fully saturated rings. The summed E-state index contributed by atoms with van der Waals surface area (Å²) in [5, 5.41) is 0. The van der Waals surface area contributed by atoms with Crippen molar-refractivity contribution in [3.8, 4) is 0 Å².